The van der Waals surface area contributed by atoms with Gasteiger partial charge in [0.25, 0.3) is 5.91 Å². The van der Waals surface area contributed by atoms with Gasteiger partial charge in [0.15, 0.2) is 5.82 Å². The fourth-order valence-electron chi connectivity index (χ4n) is 3.20. The Hall–Kier alpha value is -2.58. The predicted octanol–water partition coefficient (Wildman–Crippen LogP) is 3.86. The first kappa shape index (κ1) is 20.2. The number of thiophene rings is 1. The highest BCUT2D eigenvalue weighted by Gasteiger charge is 2.22. The zero-order valence-corrected chi connectivity index (χ0v) is 17.0. The maximum Gasteiger partial charge on any atom is 0.255 e. The monoisotopic (exact) mass is 404 g/mol. The lowest BCUT2D eigenvalue weighted by Gasteiger charge is -2.24. The average molecular weight is 404 g/mol. The molecule has 1 amide bonds. The summed E-state index contributed by atoms with van der Waals surface area (Å²) in [5.41, 5.74) is 2.61. The Morgan fingerprint density at radius 2 is 2.04 bits per heavy atom. The van der Waals surface area contributed by atoms with Gasteiger partial charge in [-0.2, -0.15) is 16.4 Å². The van der Waals surface area contributed by atoms with Gasteiger partial charge < -0.3 is 10.2 Å². The zero-order chi connectivity index (χ0) is 20.4. The number of rotatable bonds is 6. The summed E-state index contributed by atoms with van der Waals surface area (Å²) in [6.45, 7) is 3.82. The quantitative estimate of drug-likeness (QED) is 0.679. The van der Waals surface area contributed by atoms with Crippen molar-refractivity contribution >= 4 is 17.2 Å². The molecule has 0 saturated carbocycles. The molecule has 2 heterocycles. The van der Waals surface area contributed by atoms with Crippen molar-refractivity contribution in [3.8, 4) is 5.69 Å². The lowest BCUT2D eigenvalue weighted by atomic mass is 10.1. The highest BCUT2D eigenvalue weighted by molar-refractivity contribution is 7.07. The number of halogens is 2. The van der Waals surface area contributed by atoms with Crippen LogP contribution in [0.15, 0.2) is 35.0 Å². The van der Waals surface area contributed by atoms with Crippen molar-refractivity contribution in [3.63, 3.8) is 0 Å². The van der Waals surface area contributed by atoms with Crippen molar-refractivity contribution < 1.29 is 13.6 Å². The van der Waals surface area contributed by atoms with Crippen molar-refractivity contribution in [1.29, 1.82) is 0 Å². The maximum atomic E-state index is 14.2. The first-order valence-electron chi connectivity index (χ1n) is 8.78. The van der Waals surface area contributed by atoms with Crippen LogP contribution in [0.4, 0.5) is 8.78 Å². The van der Waals surface area contributed by atoms with Crippen molar-refractivity contribution in [2.24, 2.45) is 0 Å². The zero-order valence-electron chi connectivity index (χ0n) is 16.2. The summed E-state index contributed by atoms with van der Waals surface area (Å²) < 4.78 is 28.7. The van der Waals surface area contributed by atoms with Gasteiger partial charge in [0.2, 0.25) is 0 Å². The van der Waals surface area contributed by atoms with E-state index in [2.05, 4.69) is 15.8 Å². The summed E-state index contributed by atoms with van der Waals surface area (Å²) in [5, 5.41) is 11.3. The highest BCUT2D eigenvalue weighted by atomic mass is 32.1. The molecule has 2 aromatic heterocycles. The third-order valence-electron chi connectivity index (χ3n) is 4.66. The molecule has 1 N–H and O–H groups in total. The second-order valence-electron chi connectivity index (χ2n) is 6.80. The number of amides is 1. The van der Waals surface area contributed by atoms with E-state index < -0.39 is 11.6 Å². The van der Waals surface area contributed by atoms with E-state index in [9.17, 15) is 13.6 Å². The van der Waals surface area contributed by atoms with Crippen LogP contribution in [-0.4, -0.2) is 41.2 Å². The van der Waals surface area contributed by atoms with Gasteiger partial charge in [-0.1, -0.05) is 0 Å². The van der Waals surface area contributed by atoms with E-state index in [1.807, 2.05) is 30.4 Å². The van der Waals surface area contributed by atoms with Gasteiger partial charge >= 0.3 is 0 Å². The standard InChI is InChI=1S/C20H22F2N4OS/c1-12-19(13(2)26(24-12)17-6-5-15(21)9-16(17)22)20(27)23-10-18(25(3)4)14-7-8-28-11-14/h5-9,11,18H,10H2,1-4H3,(H,23,27). The molecule has 1 aromatic carbocycles. The van der Waals surface area contributed by atoms with E-state index in [1.165, 1.54) is 10.7 Å². The van der Waals surface area contributed by atoms with Crippen molar-refractivity contribution in [3.05, 3.63) is 69.2 Å². The molecule has 0 aliphatic rings. The number of likely N-dealkylation sites (N-methyl/N-ethyl adjacent to an activating group) is 1. The molecule has 0 bridgehead atoms. The van der Waals surface area contributed by atoms with Gasteiger partial charge in [-0.3, -0.25) is 4.79 Å². The molecule has 0 spiro atoms. The van der Waals surface area contributed by atoms with E-state index >= 15 is 0 Å². The molecule has 0 aliphatic heterocycles. The Labute approximate surface area is 166 Å². The minimum atomic E-state index is -0.734. The molecule has 5 nitrogen and oxygen atoms in total. The lowest BCUT2D eigenvalue weighted by Crippen LogP contribution is -2.34. The number of nitrogens with zero attached hydrogens (tertiary/aromatic N) is 3. The molecule has 28 heavy (non-hydrogen) atoms. The van der Waals surface area contributed by atoms with Gasteiger partial charge in [-0.25, -0.2) is 13.5 Å². The topological polar surface area (TPSA) is 50.2 Å². The Bertz CT molecular complexity index is 983. The molecule has 3 aromatic rings. The van der Waals surface area contributed by atoms with Crippen LogP contribution in [0.1, 0.15) is 33.4 Å². The number of benzene rings is 1. The molecule has 8 heteroatoms. The second kappa shape index (κ2) is 8.20. The van der Waals surface area contributed by atoms with E-state index in [0.717, 1.165) is 17.7 Å². The number of aromatic nitrogens is 2. The summed E-state index contributed by atoms with van der Waals surface area (Å²) in [6.07, 6.45) is 0. The molecule has 0 saturated heterocycles. The smallest absolute Gasteiger partial charge is 0.255 e. The number of hydrogen-bond donors (Lipinski definition) is 1. The van der Waals surface area contributed by atoms with Crippen LogP contribution in [0.3, 0.4) is 0 Å². The summed E-state index contributed by atoms with van der Waals surface area (Å²) in [6, 6.07) is 5.35. The van der Waals surface area contributed by atoms with Crippen LogP contribution < -0.4 is 5.32 Å². The summed E-state index contributed by atoms with van der Waals surface area (Å²) in [4.78, 5) is 14.9. The molecule has 1 atom stereocenters. The first-order valence-corrected chi connectivity index (χ1v) is 9.72. The molecular weight excluding hydrogens is 382 g/mol. The van der Waals surface area contributed by atoms with Gasteiger partial charge in [-0.05, 0) is 62.5 Å². The third-order valence-corrected chi connectivity index (χ3v) is 5.37. The Balaban J connectivity index is 1.83. The summed E-state index contributed by atoms with van der Waals surface area (Å²) in [5.74, 6) is -1.67. The molecule has 148 valence electrons. The molecule has 1 unspecified atom stereocenters. The fraction of sp³-hybridized carbons (Fsp3) is 0.300. The van der Waals surface area contributed by atoms with Crippen LogP contribution >= 0.6 is 11.3 Å². The van der Waals surface area contributed by atoms with Gasteiger partial charge in [0.1, 0.15) is 11.5 Å². The Morgan fingerprint density at radius 3 is 2.64 bits per heavy atom. The van der Waals surface area contributed by atoms with E-state index in [0.29, 0.717) is 23.5 Å². The van der Waals surface area contributed by atoms with Gasteiger partial charge in [0.05, 0.1) is 23.0 Å². The Kier molecular flexibility index (Phi) is 5.90. The van der Waals surface area contributed by atoms with E-state index in [-0.39, 0.29) is 17.6 Å². The SMILES string of the molecule is Cc1nn(-c2ccc(F)cc2F)c(C)c1C(=O)NCC(c1ccsc1)N(C)C. The summed E-state index contributed by atoms with van der Waals surface area (Å²) >= 11 is 1.61. The van der Waals surface area contributed by atoms with Crippen LogP contribution in [0.25, 0.3) is 5.69 Å². The molecular formula is C20H22F2N4OS. The van der Waals surface area contributed by atoms with Crippen LogP contribution in [0, 0.1) is 25.5 Å². The number of hydrogen-bond acceptors (Lipinski definition) is 4. The molecule has 0 fully saturated rings. The predicted molar refractivity (Wildman–Crippen MR) is 106 cm³/mol. The number of nitrogens with one attached hydrogen (secondary N) is 1. The van der Waals surface area contributed by atoms with Crippen LogP contribution in [-0.2, 0) is 0 Å². The summed E-state index contributed by atoms with van der Waals surface area (Å²) in [7, 11) is 3.92. The minimum absolute atomic E-state index is 0.0420. The number of aryl methyl sites for hydroxylation is 1. The highest BCUT2D eigenvalue weighted by Crippen LogP contribution is 2.22. The minimum Gasteiger partial charge on any atom is -0.350 e. The van der Waals surface area contributed by atoms with Crippen molar-refractivity contribution in [1.82, 2.24) is 20.0 Å². The van der Waals surface area contributed by atoms with Gasteiger partial charge in [0, 0.05) is 12.6 Å². The van der Waals surface area contributed by atoms with Crippen LogP contribution in [0.5, 0.6) is 0 Å². The molecule has 3 rings (SSSR count). The first-order chi connectivity index (χ1) is 13.3. The van der Waals surface area contributed by atoms with Crippen LogP contribution in [0.2, 0.25) is 0 Å². The van der Waals surface area contributed by atoms with Crippen molar-refractivity contribution in [2.45, 2.75) is 19.9 Å². The third kappa shape index (κ3) is 3.98. The Morgan fingerprint density at radius 1 is 1.29 bits per heavy atom. The van der Waals surface area contributed by atoms with E-state index in [4.69, 9.17) is 0 Å². The number of carbonyl (C=O) groups excluding carboxylic acids is 1. The fourth-order valence-corrected chi connectivity index (χ4v) is 3.91. The average Bonchev–Trinajstić information content (AvgIpc) is 3.23. The lowest BCUT2D eigenvalue weighted by molar-refractivity contribution is 0.0940. The second-order valence-corrected chi connectivity index (χ2v) is 7.58. The number of carbonyl (C=O) groups is 1. The van der Waals surface area contributed by atoms with Crippen molar-refractivity contribution in [2.75, 3.05) is 20.6 Å². The normalized spacial score (nSPS) is 12.4. The van der Waals surface area contributed by atoms with Gasteiger partial charge in [-0.15, -0.1) is 0 Å². The largest absolute Gasteiger partial charge is 0.350 e. The molecule has 0 radical (unpaired) electrons. The molecule has 0 aliphatic carbocycles. The maximum absolute atomic E-state index is 14.2. The van der Waals surface area contributed by atoms with E-state index in [1.54, 1.807) is 25.2 Å².